The lowest BCUT2D eigenvalue weighted by Gasteiger charge is -2.32. The molecule has 70 valence electrons. The normalized spacial score (nSPS) is 18.1. The van der Waals surface area contributed by atoms with Crippen molar-refractivity contribution in [3.63, 3.8) is 0 Å². The van der Waals surface area contributed by atoms with Crippen molar-refractivity contribution in [2.75, 3.05) is 14.2 Å². The van der Waals surface area contributed by atoms with Crippen LogP contribution in [0.25, 0.3) is 0 Å². The molecule has 0 radical (unpaired) electrons. The van der Waals surface area contributed by atoms with Crippen molar-refractivity contribution in [3.8, 4) is 0 Å². The van der Waals surface area contributed by atoms with Gasteiger partial charge in [0.25, 0.3) is 0 Å². The first-order valence-electron chi connectivity index (χ1n) is 4.31. The van der Waals surface area contributed by atoms with Gasteiger partial charge < -0.3 is 4.74 Å². The maximum absolute atomic E-state index is 11.3. The van der Waals surface area contributed by atoms with Crippen molar-refractivity contribution < 1.29 is 9.53 Å². The predicted octanol–water partition coefficient (Wildman–Crippen LogP) is 1.03. The Hall–Kier alpha value is -0.570. The van der Waals surface area contributed by atoms with Gasteiger partial charge in [0, 0.05) is 6.04 Å². The number of rotatable bonds is 3. The van der Waals surface area contributed by atoms with Crippen LogP contribution < -0.4 is 0 Å². The van der Waals surface area contributed by atoms with Gasteiger partial charge in [-0.2, -0.15) is 0 Å². The second-order valence-corrected chi connectivity index (χ2v) is 3.89. The summed E-state index contributed by atoms with van der Waals surface area (Å²) < 4.78 is 4.73. The zero-order chi connectivity index (χ0) is 9.35. The Morgan fingerprint density at radius 3 is 2.33 bits per heavy atom. The van der Waals surface area contributed by atoms with Crippen LogP contribution in [0.2, 0.25) is 0 Å². The number of hydrogen-bond donors (Lipinski definition) is 0. The van der Waals surface area contributed by atoms with Crippen LogP contribution in [0.15, 0.2) is 0 Å². The highest BCUT2D eigenvalue weighted by Crippen LogP contribution is 2.31. The lowest BCUT2D eigenvalue weighted by molar-refractivity contribution is -0.152. The van der Waals surface area contributed by atoms with E-state index in [0.29, 0.717) is 6.04 Å². The fourth-order valence-electron chi connectivity index (χ4n) is 1.31. The van der Waals surface area contributed by atoms with Gasteiger partial charge in [0.15, 0.2) is 0 Å². The molecule has 1 aliphatic carbocycles. The monoisotopic (exact) mass is 171 g/mol. The summed E-state index contributed by atoms with van der Waals surface area (Å²) in [7, 11) is 3.42. The first-order valence-corrected chi connectivity index (χ1v) is 4.31. The van der Waals surface area contributed by atoms with E-state index in [1.165, 1.54) is 20.0 Å². The lowest BCUT2D eigenvalue weighted by atomic mass is 10.0. The fourth-order valence-corrected chi connectivity index (χ4v) is 1.31. The van der Waals surface area contributed by atoms with Gasteiger partial charge in [-0.05, 0) is 33.7 Å². The molecule has 1 fully saturated rings. The summed E-state index contributed by atoms with van der Waals surface area (Å²) in [5.74, 6) is -0.156. The zero-order valence-electron chi connectivity index (χ0n) is 8.26. The van der Waals surface area contributed by atoms with Gasteiger partial charge in [-0.15, -0.1) is 0 Å². The second-order valence-electron chi connectivity index (χ2n) is 3.89. The highest BCUT2D eigenvalue weighted by Gasteiger charge is 2.41. The number of likely N-dealkylation sites (N-methyl/N-ethyl adjacent to an activating group) is 1. The molecule has 0 bridgehead atoms. The van der Waals surface area contributed by atoms with Crippen LogP contribution in [0, 0.1) is 0 Å². The Balaban J connectivity index is 2.61. The van der Waals surface area contributed by atoms with Crippen molar-refractivity contribution in [1.82, 2.24) is 4.90 Å². The molecule has 12 heavy (non-hydrogen) atoms. The summed E-state index contributed by atoms with van der Waals surface area (Å²) in [5, 5.41) is 0. The number of carbonyl (C=O) groups excluding carboxylic acids is 1. The lowest BCUT2D eigenvalue weighted by Crippen LogP contribution is -2.49. The maximum Gasteiger partial charge on any atom is 0.325 e. The van der Waals surface area contributed by atoms with Crippen LogP contribution >= 0.6 is 0 Å². The molecule has 3 nitrogen and oxygen atoms in total. The van der Waals surface area contributed by atoms with E-state index >= 15 is 0 Å². The number of esters is 1. The van der Waals surface area contributed by atoms with Crippen molar-refractivity contribution in [2.45, 2.75) is 38.3 Å². The summed E-state index contributed by atoms with van der Waals surface area (Å²) >= 11 is 0. The molecule has 1 saturated carbocycles. The fraction of sp³-hybridized carbons (Fsp3) is 0.889. The van der Waals surface area contributed by atoms with Gasteiger partial charge in [-0.1, -0.05) is 0 Å². The number of carbonyl (C=O) groups is 1. The molecule has 1 rings (SSSR count). The quantitative estimate of drug-likeness (QED) is 0.594. The van der Waals surface area contributed by atoms with E-state index in [1.54, 1.807) is 0 Å². The van der Waals surface area contributed by atoms with Crippen LogP contribution in [0.3, 0.4) is 0 Å². The summed E-state index contributed by atoms with van der Waals surface area (Å²) in [6.45, 7) is 3.80. The van der Waals surface area contributed by atoms with E-state index < -0.39 is 5.54 Å². The van der Waals surface area contributed by atoms with Gasteiger partial charge in [-0.3, -0.25) is 9.69 Å². The molecule has 0 aromatic rings. The van der Waals surface area contributed by atoms with E-state index in [2.05, 4.69) is 4.90 Å². The molecule has 0 heterocycles. The first kappa shape index (κ1) is 9.52. The predicted molar refractivity (Wildman–Crippen MR) is 46.9 cm³/mol. The molecule has 0 amide bonds. The van der Waals surface area contributed by atoms with Crippen LogP contribution in [-0.2, 0) is 9.53 Å². The molecule has 0 unspecified atom stereocenters. The Morgan fingerprint density at radius 2 is 2.00 bits per heavy atom. The minimum Gasteiger partial charge on any atom is -0.468 e. The van der Waals surface area contributed by atoms with E-state index in [0.717, 1.165) is 0 Å². The third kappa shape index (κ3) is 1.61. The molecule has 0 N–H and O–H groups in total. The number of hydrogen-bond acceptors (Lipinski definition) is 3. The van der Waals surface area contributed by atoms with E-state index in [1.807, 2.05) is 20.9 Å². The van der Waals surface area contributed by atoms with Crippen LogP contribution in [0.5, 0.6) is 0 Å². The Bertz CT molecular complexity index is 185. The average Bonchev–Trinajstić information content (AvgIpc) is 2.83. The topological polar surface area (TPSA) is 29.5 Å². The Labute approximate surface area is 73.7 Å². The summed E-state index contributed by atoms with van der Waals surface area (Å²) in [6, 6.07) is 0.582. The third-order valence-electron chi connectivity index (χ3n) is 2.66. The standard InChI is InChI=1S/C9H17NO2/c1-9(2,8(11)12-4)10(3)7-5-6-7/h7H,5-6H2,1-4H3. The molecule has 0 saturated heterocycles. The van der Waals surface area contributed by atoms with E-state index in [9.17, 15) is 4.79 Å². The number of methoxy groups -OCH3 is 1. The minimum absolute atomic E-state index is 0.156. The second kappa shape index (κ2) is 3.05. The van der Waals surface area contributed by atoms with Gasteiger partial charge in [-0.25, -0.2) is 0 Å². The Morgan fingerprint density at radius 1 is 1.50 bits per heavy atom. The van der Waals surface area contributed by atoms with Gasteiger partial charge in [0.2, 0.25) is 0 Å². The van der Waals surface area contributed by atoms with E-state index in [-0.39, 0.29) is 5.97 Å². The molecule has 0 aliphatic heterocycles. The van der Waals surface area contributed by atoms with Gasteiger partial charge in [0.1, 0.15) is 5.54 Å². The highest BCUT2D eigenvalue weighted by atomic mass is 16.5. The summed E-state index contributed by atoms with van der Waals surface area (Å²) in [6.07, 6.45) is 2.41. The minimum atomic E-state index is -0.476. The molecular formula is C9H17NO2. The highest BCUT2D eigenvalue weighted by molar-refractivity contribution is 5.79. The molecule has 0 aromatic carbocycles. The third-order valence-corrected chi connectivity index (χ3v) is 2.66. The number of ether oxygens (including phenoxy) is 1. The van der Waals surface area contributed by atoms with Crippen LogP contribution in [-0.4, -0.2) is 36.6 Å². The Kier molecular flexibility index (Phi) is 2.42. The SMILES string of the molecule is COC(=O)C(C)(C)N(C)C1CC1. The molecule has 0 atom stereocenters. The van der Waals surface area contributed by atoms with Crippen molar-refractivity contribution in [2.24, 2.45) is 0 Å². The molecule has 1 aliphatic rings. The van der Waals surface area contributed by atoms with Crippen molar-refractivity contribution in [1.29, 1.82) is 0 Å². The molecule has 3 heteroatoms. The summed E-state index contributed by atoms with van der Waals surface area (Å²) in [4.78, 5) is 13.4. The maximum atomic E-state index is 11.3. The summed E-state index contributed by atoms with van der Waals surface area (Å²) in [5.41, 5.74) is -0.476. The van der Waals surface area contributed by atoms with Crippen molar-refractivity contribution in [3.05, 3.63) is 0 Å². The smallest absolute Gasteiger partial charge is 0.325 e. The molecule has 0 spiro atoms. The largest absolute Gasteiger partial charge is 0.468 e. The van der Waals surface area contributed by atoms with Crippen molar-refractivity contribution >= 4 is 5.97 Å². The van der Waals surface area contributed by atoms with Crippen LogP contribution in [0.1, 0.15) is 26.7 Å². The van der Waals surface area contributed by atoms with Gasteiger partial charge in [0.05, 0.1) is 7.11 Å². The van der Waals surface area contributed by atoms with Crippen LogP contribution in [0.4, 0.5) is 0 Å². The molecular weight excluding hydrogens is 154 g/mol. The molecule has 0 aromatic heterocycles. The average molecular weight is 171 g/mol. The first-order chi connectivity index (χ1) is 5.50. The number of nitrogens with zero attached hydrogens (tertiary/aromatic N) is 1. The van der Waals surface area contributed by atoms with E-state index in [4.69, 9.17) is 4.74 Å². The zero-order valence-corrected chi connectivity index (χ0v) is 8.26. The van der Waals surface area contributed by atoms with Gasteiger partial charge >= 0.3 is 5.97 Å².